The fraction of sp³-hybridized carbons (Fsp3) is 0.722. The number of thiol groups is 1. The quantitative estimate of drug-likeness (QED) is 0.203. The predicted octanol–water partition coefficient (Wildman–Crippen LogP) is -1.79. The third-order valence-corrected chi connectivity index (χ3v) is 5.32. The molecule has 11 nitrogen and oxygen atoms in total. The molecule has 0 aromatic rings. The Labute approximate surface area is 180 Å². The van der Waals surface area contributed by atoms with E-state index in [-0.39, 0.29) is 30.4 Å². The largest absolute Gasteiger partial charge is 0.480 e. The van der Waals surface area contributed by atoms with Gasteiger partial charge in [0.25, 0.3) is 0 Å². The molecule has 12 heteroatoms. The number of nitrogens with zero attached hydrogens (tertiary/aromatic N) is 1. The molecule has 4 unspecified atom stereocenters. The molecule has 4 amide bonds. The molecule has 0 bridgehead atoms. The number of carboxylic acid groups (broad SMARTS) is 1. The molecule has 0 aromatic carbocycles. The monoisotopic (exact) mass is 445 g/mol. The molecule has 1 heterocycles. The van der Waals surface area contributed by atoms with Gasteiger partial charge in [-0.25, -0.2) is 4.79 Å². The lowest BCUT2D eigenvalue weighted by molar-refractivity contribution is -0.143. The highest BCUT2D eigenvalue weighted by atomic mass is 32.1. The lowest BCUT2D eigenvalue weighted by Gasteiger charge is -2.29. The van der Waals surface area contributed by atoms with Crippen molar-refractivity contribution >= 4 is 42.2 Å². The van der Waals surface area contributed by atoms with Crippen LogP contribution in [0.15, 0.2) is 0 Å². The first-order valence-corrected chi connectivity index (χ1v) is 10.4. The van der Waals surface area contributed by atoms with Crippen LogP contribution in [0, 0.1) is 5.92 Å². The van der Waals surface area contributed by atoms with Crippen molar-refractivity contribution in [3.63, 3.8) is 0 Å². The van der Waals surface area contributed by atoms with Crippen molar-refractivity contribution in [1.29, 1.82) is 0 Å². The molecule has 0 aliphatic carbocycles. The number of amides is 4. The third kappa shape index (κ3) is 7.17. The van der Waals surface area contributed by atoms with Crippen molar-refractivity contribution in [2.75, 3.05) is 12.3 Å². The van der Waals surface area contributed by atoms with Gasteiger partial charge in [0.15, 0.2) is 0 Å². The van der Waals surface area contributed by atoms with Gasteiger partial charge < -0.3 is 32.1 Å². The third-order valence-electron chi connectivity index (χ3n) is 4.95. The molecule has 0 spiro atoms. The summed E-state index contributed by atoms with van der Waals surface area (Å²) in [6.07, 6.45) is 0.659. The smallest absolute Gasteiger partial charge is 0.326 e. The number of hydrogen-bond donors (Lipinski definition) is 6. The van der Waals surface area contributed by atoms with E-state index in [9.17, 15) is 29.1 Å². The van der Waals surface area contributed by atoms with E-state index in [0.29, 0.717) is 19.4 Å². The number of carbonyl (C=O) groups excluding carboxylic acids is 4. The van der Waals surface area contributed by atoms with Crippen LogP contribution in [0.3, 0.4) is 0 Å². The Balaban J connectivity index is 2.78. The Morgan fingerprint density at radius 3 is 2.30 bits per heavy atom. The Morgan fingerprint density at radius 1 is 1.17 bits per heavy atom. The second kappa shape index (κ2) is 11.7. The normalized spacial score (nSPS) is 19.1. The highest BCUT2D eigenvalue weighted by Crippen LogP contribution is 2.20. The van der Waals surface area contributed by atoms with E-state index in [2.05, 4.69) is 23.3 Å². The molecule has 1 aliphatic rings. The SMILES string of the molecule is CC(C)C(N)C(=O)N1CCCC1C(=O)NC(CS)C(=O)NC(CCC(N)=O)C(=O)O. The average Bonchev–Trinajstić information content (AvgIpc) is 3.17. The van der Waals surface area contributed by atoms with Gasteiger partial charge in [-0.15, -0.1) is 0 Å². The summed E-state index contributed by atoms with van der Waals surface area (Å²) in [5.74, 6) is -3.83. The fourth-order valence-electron chi connectivity index (χ4n) is 3.06. The van der Waals surface area contributed by atoms with Gasteiger partial charge in [-0.3, -0.25) is 19.2 Å². The molecule has 0 saturated carbocycles. The van der Waals surface area contributed by atoms with Gasteiger partial charge in [0.2, 0.25) is 23.6 Å². The predicted molar refractivity (Wildman–Crippen MR) is 111 cm³/mol. The van der Waals surface area contributed by atoms with Crippen LogP contribution < -0.4 is 22.1 Å². The molecule has 4 atom stereocenters. The summed E-state index contributed by atoms with van der Waals surface area (Å²) in [5.41, 5.74) is 10.9. The number of aliphatic carboxylic acids is 1. The van der Waals surface area contributed by atoms with Crippen LogP contribution in [0.1, 0.15) is 39.5 Å². The van der Waals surface area contributed by atoms with Gasteiger partial charge in [-0.2, -0.15) is 12.6 Å². The zero-order valence-corrected chi connectivity index (χ0v) is 18.1. The number of primary amides is 1. The highest BCUT2D eigenvalue weighted by Gasteiger charge is 2.38. The molecule has 0 radical (unpaired) electrons. The van der Waals surface area contributed by atoms with Crippen molar-refractivity contribution in [2.24, 2.45) is 17.4 Å². The highest BCUT2D eigenvalue weighted by molar-refractivity contribution is 7.80. The van der Waals surface area contributed by atoms with Crippen LogP contribution >= 0.6 is 12.6 Å². The zero-order chi connectivity index (χ0) is 23.0. The van der Waals surface area contributed by atoms with E-state index in [4.69, 9.17) is 11.5 Å². The molecule has 170 valence electrons. The van der Waals surface area contributed by atoms with E-state index in [0.717, 1.165) is 0 Å². The minimum Gasteiger partial charge on any atom is -0.480 e. The summed E-state index contributed by atoms with van der Waals surface area (Å²) < 4.78 is 0. The van der Waals surface area contributed by atoms with Crippen LogP contribution in [0.4, 0.5) is 0 Å². The maximum absolute atomic E-state index is 12.7. The molecule has 1 rings (SSSR count). The molecule has 1 aliphatic heterocycles. The van der Waals surface area contributed by atoms with Gasteiger partial charge in [0.05, 0.1) is 6.04 Å². The number of rotatable bonds is 11. The minimum atomic E-state index is -1.34. The number of nitrogens with two attached hydrogens (primary N) is 2. The lowest BCUT2D eigenvalue weighted by atomic mass is 10.0. The van der Waals surface area contributed by atoms with Gasteiger partial charge in [0.1, 0.15) is 18.1 Å². The van der Waals surface area contributed by atoms with Crippen molar-refractivity contribution in [3.8, 4) is 0 Å². The van der Waals surface area contributed by atoms with E-state index in [1.165, 1.54) is 4.90 Å². The Bertz CT molecular complexity index is 673. The van der Waals surface area contributed by atoms with Crippen molar-refractivity contribution in [2.45, 2.75) is 63.7 Å². The Kier molecular flexibility index (Phi) is 10.1. The van der Waals surface area contributed by atoms with E-state index >= 15 is 0 Å². The zero-order valence-electron chi connectivity index (χ0n) is 17.2. The number of nitrogens with one attached hydrogen (secondary N) is 2. The maximum Gasteiger partial charge on any atom is 0.326 e. The van der Waals surface area contributed by atoms with Crippen LogP contribution in [0.2, 0.25) is 0 Å². The average molecular weight is 446 g/mol. The second-order valence-corrected chi connectivity index (χ2v) is 7.97. The van der Waals surface area contributed by atoms with E-state index in [1.54, 1.807) is 0 Å². The number of hydrogen-bond acceptors (Lipinski definition) is 7. The summed E-state index contributed by atoms with van der Waals surface area (Å²) in [6, 6.07) is -3.95. The van der Waals surface area contributed by atoms with Crippen LogP contribution in [0.25, 0.3) is 0 Å². The van der Waals surface area contributed by atoms with Gasteiger partial charge >= 0.3 is 5.97 Å². The number of carboxylic acids is 1. The summed E-state index contributed by atoms with van der Waals surface area (Å²) in [7, 11) is 0. The second-order valence-electron chi connectivity index (χ2n) is 7.61. The van der Waals surface area contributed by atoms with Crippen molar-refractivity contribution in [3.05, 3.63) is 0 Å². The summed E-state index contributed by atoms with van der Waals surface area (Å²) in [5, 5.41) is 14.0. The van der Waals surface area contributed by atoms with Gasteiger partial charge in [0, 0.05) is 18.7 Å². The number of likely N-dealkylation sites (tertiary alicyclic amines) is 1. The van der Waals surface area contributed by atoms with E-state index in [1.807, 2.05) is 13.8 Å². The number of carbonyl (C=O) groups is 5. The topological polar surface area (TPSA) is 185 Å². The molecule has 1 fully saturated rings. The summed E-state index contributed by atoms with van der Waals surface area (Å²) >= 11 is 4.06. The first-order valence-electron chi connectivity index (χ1n) is 9.78. The fourth-order valence-corrected chi connectivity index (χ4v) is 3.32. The molecule has 0 aromatic heterocycles. The molecular formula is C18H31N5O6S. The Morgan fingerprint density at radius 2 is 1.80 bits per heavy atom. The standard InChI is InChI=1S/C18H31N5O6S/c1-9(2)14(20)17(27)23-7-3-4-12(23)16(26)22-11(8-30)15(25)21-10(18(28)29)5-6-13(19)24/h9-12,14,30H,3-8,20H2,1-2H3,(H2,19,24)(H,21,25)(H,22,26)(H,28,29). The lowest BCUT2D eigenvalue weighted by Crippen LogP contribution is -2.57. The van der Waals surface area contributed by atoms with Crippen LogP contribution in [-0.2, 0) is 24.0 Å². The van der Waals surface area contributed by atoms with Crippen LogP contribution in [-0.4, -0.2) is 76.1 Å². The first-order chi connectivity index (χ1) is 14.0. The van der Waals surface area contributed by atoms with Gasteiger partial charge in [-0.1, -0.05) is 13.8 Å². The van der Waals surface area contributed by atoms with Crippen molar-refractivity contribution in [1.82, 2.24) is 15.5 Å². The minimum absolute atomic E-state index is 0.0914. The molecule has 7 N–H and O–H groups in total. The molecular weight excluding hydrogens is 414 g/mol. The first kappa shape index (κ1) is 25.7. The van der Waals surface area contributed by atoms with Gasteiger partial charge in [-0.05, 0) is 25.2 Å². The van der Waals surface area contributed by atoms with E-state index < -0.39 is 47.9 Å². The summed E-state index contributed by atoms with van der Waals surface area (Å²) in [4.78, 5) is 61.3. The maximum atomic E-state index is 12.7. The molecule has 1 saturated heterocycles. The van der Waals surface area contributed by atoms with Crippen molar-refractivity contribution < 1.29 is 29.1 Å². The van der Waals surface area contributed by atoms with Crippen LogP contribution in [0.5, 0.6) is 0 Å². The molecule has 30 heavy (non-hydrogen) atoms. The Hall–Kier alpha value is -2.34. The summed E-state index contributed by atoms with van der Waals surface area (Å²) in [6.45, 7) is 4.02.